The number of methoxy groups -OCH3 is 1. The van der Waals surface area contributed by atoms with Crippen LogP contribution >= 0.6 is 0 Å². The first-order valence-electron chi connectivity index (χ1n) is 3.29. The molecule has 0 aliphatic carbocycles. The normalized spacial score (nSPS) is 12.7. The van der Waals surface area contributed by atoms with Crippen molar-refractivity contribution in [2.75, 3.05) is 7.11 Å². The van der Waals surface area contributed by atoms with Crippen LogP contribution in [0.25, 0.3) is 0 Å². The fraction of sp³-hybridized carbons (Fsp3) is 0.833. The summed E-state index contributed by atoms with van der Waals surface area (Å²) < 4.78 is 4.85. The van der Waals surface area contributed by atoms with E-state index in [1.54, 1.807) is 0 Å². The highest BCUT2D eigenvalue weighted by atomic mass is 16.5. The molecule has 0 aromatic rings. The number of hydrogen-bond donors (Lipinski definition) is 2. The van der Waals surface area contributed by atoms with Crippen LogP contribution in [0.3, 0.4) is 0 Å². The van der Waals surface area contributed by atoms with Gasteiger partial charge >= 0.3 is 0 Å². The first-order valence-corrected chi connectivity index (χ1v) is 3.29. The van der Waals surface area contributed by atoms with Crippen LogP contribution in [0.4, 0.5) is 0 Å². The smallest absolute Gasteiger partial charge is 0.262 e. The van der Waals surface area contributed by atoms with Crippen LogP contribution in [0.15, 0.2) is 0 Å². The van der Waals surface area contributed by atoms with Crippen molar-refractivity contribution in [1.82, 2.24) is 5.43 Å². The Balaban J connectivity index is 3.68. The number of hydrogen-bond acceptors (Lipinski definition) is 3. The maximum absolute atomic E-state index is 10.8. The van der Waals surface area contributed by atoms with E-state index in [0.717, 1.165) is 6.42 Å². The molecule has 0 spiro atoms. The molecule has 10 heavy (non-hydrogen) atoms. The molecule has 0 fully saturated rings. The van der Waals surface area contributed by atoms with Crippen molar-refractivity contribution < 1.29 is 9.53 Å². The predicted molar refractivity (Wildman–Crippen MR) is 38.0 cm³/mol. The molecule has 1 atom stereocenters. The highest BCUT2D eigenvalue weighted by molar-refractivity contribution is 5.79. The van der Waals surface area contributed by atoms with Gasteiger partial charge in [0.05, 0.1) is 0 Å². The Hall–Kier alpha value is -0.610. The molecular formula is C6H14N2O2. The van der Waals surface area contributed by atoms with Gasteiger partial charge < -0.3 is 4.74 Å². The quantitative estimate of drug-likeness (QED) is 0.328. The van der Waals surface area contributed by atoms with Crippen molar-refractivity contribution in [3.63, 3.8) is 0 Å². The molecule has 0 aliphatic rings. The second kappa shape index (κ2) is 5.20. The Labute approximate surface area is 60.7 Å². The van der Waals surface area contributed by atoms with E-state index in [1.807, 2.05) is 12.3 Å². The first kappa shape index (κ1) is 9.39. The average Bonchev–Trinajstić information content (AvgIpc) is 1.99. The molecule has 0 saturated heterocycles. The van der Waals surface area contributed by atoms with Gasteiger partial charge in [-0.15, -0.1) is 0 Å². The minimum Gasteiger partial charge on any atom is -0.372 e. The van der Waals surface area contributed by atoms with Crippen LogP contribution in [-0.4, -0.2) is 19.1 Å². The predicted octanol–water partition coefficient (Wildman–Crippen LogP) is -0.209. The molecule has 3 N–H and O–H groups in total. The van der Waals surface area contributed by atoms with E-state index in [1.165, 1.54) is 7.11 Å². The molecule has 4 nitrogen and oxygen atoms in total. The Morgan fingerprint density at radius 2 is 2.40 bits per heavy atom. The van der Waals surface area contributed by atoms with Crippen LogP contribution in [-0.2, 0) is 9.53 Å². The van der Waals surface area contributed by atoms with Crippen molar-refractivity contribution in [3.8, 4) is 0 Å². The van der Waals surface area contributed by atoms with Crippen LogP contribution in [0, 0.1) is 0 Å². The van der Waals surface area contributed by atoms with Gasteiger partial charge in [0.1, 0.15) is 6.10 Å². The summed E-state index contributed by atoms with van der Waals surface area (Å²) in [7, 11) is 1.50. The lowest BCUT2D eigenvalue weighted by molar-refractivity contribution is -0.131. The highest BCUT2D eigenvalue weighted by Gasteiger charge is 2.13. The number of carbonyl (C=O) groups is 1. The third-order valence-electron chi connectivity index (χ3n) is 1.27. The molecule has 0 bridgehead atoms. The molecule has 0 aromatic carbocycles. The molecule has 0 aliphatic heterocycles. The van der Waals surface area contributed by atoms with Crippen molar-refractivity contribution in [2.24, 2.45) is 5.84 Å². The number of rotatable bonds is 4. The number of carbonyl (C=O) groups excluding carboxylic acids is 1. The maximum atomic E-state index is 10.8. The number of amides is 1. The second-order valence-electron chi connectivity index (χ2n) is 2.02. The molecule has 0 unspecified atom stereocenters. The number of hydrazine groups is 1. The van der Waals surface area contributed by atoms with Crippen molar-refractivity contribution in [1.29, 1.82) is 0 Å². The first-order chi connectivity index (χ1) is 4.76. The number of nitrogens with one attached hydrogen (secondary N) is 1. The average molecular weight is 146 g/mol. The van der Waals surface area contributed by atoms with Gasteiger partial charge in [0.2, 0.25) is 0 Å². The summed E-state index contributed by atoms with van der Waals surface area (Å²) in [6.45, 7) is 1.98. The fourth-order valence-electron chi connectivity index (χ4n) is 0.711. The molecule has 0 heterocycles. The Morgan fingerprint density at radius 3 is 2.70 bits per heavy atom. The summed E-state index contributed by atoms with van der Waals surface area (Å²) in [6.07, 6.45) is 1.22. The van der Waals surface area contributed by atoms with E-state index >= 15 is 0 Å². The summed E-state index contributed by atoms with van der Waals surface area (Å²) >= 11 is 0. The van der Waals surface area contributed by atoms with Gasteiger partial charge in [0, 0.05) is 7.11 Å². The zero-order valence-electron chi connectivity index (χ0n) is 6.39. The van der Waals surface area contributed by atoms with Crippen LogP contribution in [0.5, 0.6) is 0 Å². The van der Waals surface area contributed by atoms with Gasteiger partial charge in [-0.3, -0.25) is 10.2 Å². The minimum absolute atomic E-state index is 0.260. The van der Waals surface area contributed by atoms with Crippen LogP contribution in [0.2, 0.25) is 0 Å². The molecule has 0 saturated carbocycles. The molecule has 0 aromatic heterocycles. The summed E-state index contributed by atoms with van der Waals surface area (Å²) in [5, 5.41) is 0. The zero-order valence-corrected chi connectivity index (χ0v) is 6.39. The molecule has 0 rings (SSSR count). The largest absolute Gasteiger partial charge is 0.372 e. The lowest BCUT2D eigenvalue weighted by Crippen LogP contribution is -2.39. The summed E-state index contributed by atoms with van der Waals surface area (Å²) in [5.74, 6) is 4.64. The molecule has 4 heteroatoms. The van der Waals surface area contributed by atoms with Crippen LogP contribution in [0.1, 0.15) is 19.8 Å². The third-order valence-corrected chi connectivity index (χ3v) is 1.27. The second-order valence-corrected chi connectivity index (χ2v) is 2.02. The summed E-state index contributed by atoms with van der Waals surface area (Å²) in [4.78, 5) is 10.8. The summed E-state index contributed by atoms with van der Waals surface area (Å²) in [6, 6.07) is 0. The standard InChI is InChI=1S/C6H14N2O2/c1-3-4-5(10-2)6(9)8-7/h5H,3-4,7H2,1-2H3,(H,8,9)/t5-/m0/s1. The van der Waals surface area contributed by atoms with E-state index < -0.39 is 6.10 Å². The maximum Gasteiger partial charge on any atom is 0.262 e. The highest BCUT2D eigenvalue weighted by Crippen LogP contribution is 1.99. The molecular weight excluding hydrogens is 132 g/mol. The number of nitrogens with two attached hydrogens (primary N) is 1. The van der Waals surface area contributed by atoms with Crippen LogP contribution < -0.4 is 11.3 Å². The summed E-state index contributed by atoms with van der Waals surface area (Å²) in [5.41, 5.74) is 2.04. The molecule has 1 amide bonds. The van der Waals surface area contributed by atoms with Gasteiger partial charge in [-0.25, -0.2) is 5.84 Å². The third kappa shape index (κ3) is 2.80. The van der Waals surface area contributed by atoms with E-state index in [-0.39, 0.29) is 5.91 Å². The van der Waals surface area contributed by atoms with Gasteiger partial charge in [-0.05, 0) is 6.42 Å². The monoisotopic (exact) mass is 146 g/mol. The van der Waals surface area contributed by atoms with Crippen molar-refractivity contribution >= 4 is 5.91 Å². The minimum atomic E-state index is -0.394. The van der Waals surface area contributed by atoms with E-state index in [2.05, 4.69) is 0 Å². The Morgan fingerprint density at radius 1 is 1.80 bits per heavy atom. The van der Waals surface area contributed by atoms with E-state index in [9.17, 15) is 4.79 Å². The van der Waals surface area contributed by atoms with E-state index in [4.69, 9.17) is 10.6 Å². The fourth-order valence-corrected chi connectivity index (χ4v) is 0.711. The Bertz CT molecular complexity index is 106. The van der Waals surface area contributed by atoms with Gasteiger partial charge in [0.15, 0.2) is 0 Å². The lowest BCUT2D eigenvalue weighted by atomic mass is 10.2. The lowest BCUT2D eigenvalue weighted by Gasteiger charge is -2.10. The van der Waals surface area contributed by atoms with E-state index in [0.29, 0.717) is 6.42 Å². The van der Waals surface area contributed by atoms with Crippen molar-refractivity contribution in [3.05, 3.63) is 0 Å². The number of ether oxygens (including phenoxy) is 1. The van der Waals surface area contributed by atoms with Gasteiger partial charge in [-0.1, -0.05) is 13.3 Å². The molecule has 60 valence electrons. The molecule has 0 radical (unpaired) electrons. The van der Waals surface area contributed by atoms with Gasteiger partial charge in [-0.2, -0.15) is 0 Å². The van der Waals surface area contributed by atoms with Gasteiger partial charge in [0.25, 0.3) is 5.91 Å². The van der Waals surface area contributed by atoms with Crippen molar-refractivity contribution in [2.45, 2.75) is 25.9 Å². The topological polar surface area (TPSA) is 64.3 Å². The SMILES string of the molecule is CCC[C@H](OC)C(=O)NN. The Kier molecular flexibility index (Phi) is 4.88. The zero-order chi connectivity index (χ0) is 7.98.